The fraction of sp³-hybridized carbons (Fsp3) is 0.786. The minimum atomic E-state index is 0.564. The summed E-state index contributed by atoms with van der Waals surface area (Å²) in [4.78, 5) is 5.85. The lowest BCUT2D eigenvalue weighted by Crippen LogP contribution is -2.35. The summed E-state index contributed by atoms with van der Waals surface area (Å²) < 4.78 is 0. The van der Waals surface area contributed by atoms with Crippen molar-refractivity contribution in [2.75, 3.05) is 0 Å². The summed E-state index contributed by atoms with van der Waals surface area (Å²) in [5.41, 5.74) is 0.564. The monoisotopic (exact) mass is 252 g/mol. The second-order valence-electron chi connectivity index (χ2n) is 5.89. The molecule has 0 bridgehead atoms. The fourth-order valence-electron chi connectivity index (χ4n) is 2.43. The largest absolute Gasteiger partial charge is 0.308 e. The Bertz CT molecular complexity index is 347. The zero-order valence-corrected chi connectivity index (χ0v) is 12.1. The molecule has 0 saturated heterocycles. The van der Waals surface area contributed by atoms with Crippen LogP contribution in [-0.4, -0.2) is 11.0 Å². The van der Waals surface area contributed by atoms with Gasteiger partial charge in [0.2, 0.25) is 0 Å². The van der Waals surface area contributed by atoms with E-state index in [1.165, 1.54) is 35.6 Å². The van der Waals surface area contributed by atoms with E-state index in [1.807, 2.05) is 17.5 Å². The maximum absolute atomic E-state index is 4.46. The Labute approximate surface area is 109 Å². The van der Waals surface area contributed by atoms with Gasteiger partial charge >= 0.3 is 0 Å². The molecule has 1 aliphatic carbocycles. The van der Waals surface area contributed by atoms with E-state index in [-0.39, 0.29) is 0 Å². The van der Waals surface area contributed by atoms with Crippen molar-refractivity contribution >= 4 is 11.3 Å². The van der Waals surface area contributed by atoms with Crippen molar-refractivity contribution in [1.29, 1.82) is 0 Å². The first kappa shape index (κ1) is 13.0. The molecule has 0 aliphatic heterocycles. The van der Waals surface area contributed by atoms with E-state index < -0.39 is 0 Å². The van der Waals surface area contributed by atoms with E-state index in [0.29, 0.717) is 11.5 Å². The summed E-state index contributed by atoms with van der Waals surface area (Å²) in [6.07, 6.45) is 8.46. The topological polar surface area (TPSA) is 24.9 Å². The molecule has 1 aliphatic rings. The van der Waals surface area contributed by atoms with Gasteiger partial charge in [-0.1, -0.05) is 20.8 Å². The SMILES string of the molecule is CCc1cnc(CNC2CCC(C)(C)CC2)s1. The number of thiazole rings is 1. The summed E-state index contributed by atoms with van der Waals surface area (Å²) in [6, 6.07) is 0.706. The first-order valence-corrected chi connectivity index (χ1v) is 7.58. The van der Waals surface area contributed by atoms with Crippen molar-refractivity contribution in [3.8, 4) is 0 Å². The Kier molecular flexibility index (Phi) is 4.21. The molecule has 0 amide bonds. The molecular formula is C14H24N2S. The summed E-state index contributed by atoms with van der Waals surface area (Å²) in [5.74, 6) is 0. The van der Waals surface area contributed by atoms with Crippen LogP contribution in [0.3, 0.4) is 0 Å². The molecule has 0 radical (unpaired) electrons. The Hall–Kier alpha value is -0.410. The molecule has 1 saturated carbocycles. The highest BCUT2D eigenvalue weighted by Crippen LogP contribution is 2.35. The van der Waals surface area contributed by atoms with Gasteiger partial charge in [0.25, 0.3) is 0 Å². The quantitative estimate of drug-likeness (QED) is 0.882. The first-order chi connectivity index (χ1) is 8.09. The second kappa shape index (κ2) is 5.49. The van der Waals surface area contributed by atoms with Crippen molar-refractivity contribution in [2.24, 2.45) is 5.41 Å². The highest BCUT2D eigenvalue weighted by atomic mass is 32.1. The van der Waals surface area contributed by atoms with Crippen LogP contribution in [0.1, 0.15) is 56.3 Å². The fourth-order valence-corrected chi connectivity index (χ4v) is 3.24. The highest BCUT2D eigenvalue weighted by Gasteiger charge is 2.26. The predicted molar refractivity (Wildman–Crippen MR) is 74.4 cm³/mol. The molecule has 0 atom stereocenters. The number of aromatic nitrogens is 1. The van der Waals surface area contributed by atoms with Gasteiger partial charge in [0.15, 0.2) is 0 Å². The zero-order chi connectivity index (χ0) is 12.3. The second-order valence-corrected chi connectivity index (χ2v) is 7.09. The third kappa shape index (κ3) is 3.78. The molecule has 1 fully saturated rings. The Morgan fingerprint density at radius 3 is 2.71 bits per heavy atom. The maximum atomic E-state index is 4.46. The van der Waals surface area contributed by atoms with Crippen LogP contribution in [0, 0.1) is 5.41 Å². The minimum Gasteiger partial charge on any atom is -0.308 e. The van der Waals surface area contributed by atoms with Gasteiger partial charge < -0.3 is 5.32 Å². The van der Waals surface area contributed by atoms with Crippen LogP contribution in [0.15, 0.2) is 6.20 Å². The minimum absolute atomic E-state index is 0.564. The number of nitrogens with one attached hydrogen (secondary N) is 1. The van der Waals surface area contributed by atoms with Crippen LogP contribution in [-0.2, 0) is 13.0 Å². The molecule has 1 aromatic rings. The molecule has 0 aromatic carbocycles. The molecule has 2 rings (SSSR count). The summed E-state index contributed by atoms with van der Waals surface area (Å²) in [7, 11) is 0. The van der Waals surface area contributed by atoms with Crippen LogP contribution in [0.25, 0.3) is 0 Å². The molecule has 1 heterocycles. The van der Waals surface area contributed by atoms with Crippen LogP contribution in [0.2, 0.25) is 0 Å². The molecule has 0 unspecified atom stereocenters. The van der Waals surface area contributed by atoms with Crippen molar-refractivity contribution in [2.45, 2.75) is 65.5 Å². The van der Waals surface area contributed by atoms with E-state index in [1.54, 1.807) is 0 Å². The normalized spacial score (nSPS) is 20.6. The maximum Gasteiger partial charge on any atom is 0.107 e. The van der Waals surface area contributed by atoms with Gasteiger partial charge in [0.05, 0.1) is 0 Å². The van der Waals surface area contributed by atoms with Gasteiger partial charge in [-0.2, -0.15) is 0 Å². The van der Waals surface area contributed by atoms with Crippen molar-refractivity contribution in [3.63, 3.8) is 0 Å². The summed E-state index contributed by atoms with van der Waals surface area (Å²) in [6.45, 7) is 7.92. The van der Waals surface area contributed by atoms with Gasteiger partial charge in [-0.15, -0.1) is 11.3 Å². The van der Waals surface area contributed by atoms with E-state index in [4.69, 9.17) is 0 Å². The standard InChI is InChI=1S/C14H24N2S/c1-4-12-9-16-13(17-12)10-15-11-5-7-14(2,3)8-6-11/h9,11,15H,4-8,10H2,1-3H3. The third-order valence-electron chi connectivity index (χ3n) is 3.83. The average molecular weight is 252 g/mol. The Balaban J connectivity index is 1.75. The molecule has 0 spiro atoms. The van der Waals surface area contributed by atoms with Crippen LogP contribution < -0.4 is 5.32 Å². The molecule has 17 heavy (non-hydrogen) atoms. The highest BCUT2D eigenvalue weighted by molar-refractivity contribution is 7.11. The van der Waals surface area contributed by atoms with Crippen molar-refractivity contribution < 1.29 is 0 Å². The zero-order valence-electron chi connectivity index (χ0n) is 11.3. The van der Waals surface area contributed by atoms with E-state index in [2.05, 4.69) is 31.1 Å². The lowest BCUT2D eigenvalue weighted by atomic mass is 9.75. The van der Waals surface area contributed by atoms with Crippen LogP contribution >= 0.6 is 11.3 Å². The van der Waals surface area contributed by atoms with Gasteiger partial charge in [-0.25, -0.2) is 4.98 Å². The summed E-state index contributed by atoms with van der Waals surface area (Å²) in [5, 5.41) is 4.90. The summed E-state index contributed by atoms with van der Waals surface area (Å²) >= 11 is 1.85. The predicted octanol–water partition coefficient (Wildman–Crippen LogP) is 3.76. The van der Waals surface area contributed by atoms with Gasteiger partial charge in [0.1, 0.15) is 5.01 Å². The smallest absolute Gasteiger partial charge is 0.107 e. The number of hydrogen-bond donors (Lipinski definition) is 1. The number of nitrogens with zero attached hydrogens (tertiary/aromatic N) is 1. The van der Waals surface area contributed by atoms with E-state index in [9.17, 15) is 0 Å². The Morgan fingerprint density at radius 1 is 1.41 bits per heavy atom. The molecule has 96 valence electrons. The molecular weight excluding hydrogens is 228 g/mol. The average Bonchev–Trinajstić information content (AvgIpc) is 2.75. The number of rotatable bonds is 4. The van der Waals surface area contributed by atoms with Gasteiger partial charge in [0, 0.05) is 23.7 Å². The van der Waals surface area contributed by atoms with E-state index >= 15 is 0 Å². The first-order valence-electron chi connectivity index (χ1n) is 6.76. The molecule has 1 N–H and O–H groups in total. The number of hydrogen-bond acceptors (Lipinski definition) is 3. The lowest BCUT2D eigenvalue weighted by molar-refractivity contribution is 0.206. The van der Waals surface area contributed by atoms with Crippen LogP contribution in [0.5, 0.6) is 0 Å². The number of aryl methyl sites for hydroxylation is 1. The lowest BCUT2D eigenvalue weighted by Gasteiger charge is -2.34. The van der Waals surface area contributed by atoms with E-state index in [0.717, 1.165) is 13.0 Å². The molecule has 2 nitrogen and oxygen atoms in total. The molecule has 3 heteroatoms. The van der Waals surface area contributed by atoms with Crippen molar-refractivity contribution in [1.82, 2.24) is 10.3 Å². The third-order valence-corrected chi connectivity index (χ3v) is 4.97. The van der Waals surface area contributed by atoms with Crippen molar-refractivity contribution in [3.05, 3.63) is 16.1 Å². The van der Waals surface area contributed by atoms with Gasteiger partial charge in [-0.3, -0.25) is 0 Å². The van der Waals surface area contributed by atoms with Gasteiger partial charge in [-0.05, 0) is 37.5 Å². The Morgan fingerprint density at radius 2 is 2.12 bits per heavy atom. The van der Waals surface area contributed by atoms with Crippen LogP contribution in [0.4, 0.5) is 0 Å². The molecule has 1 aromatic heterocycles.